The van der Waals surface area contributed by atoms with E-state index in [1.54, 1.807) is 6.92 Å². The number of carbonyl (C=O) groups excluding carboxylic acids is 1. The summed E-state index contributed by atoms with van der Waals surface area (Å²) < 4.78 is 5.51. The Bertz CT molecular complexity index is 494. The van der Waals surface area contributed by atoms with Crippen LogP contribution in [0, 0.1) is 5.41 Å². The van der Waals surface area contributed by atoms with Crippen LogP contribution >= 0.6 is 0 Å². The Morgan fingerprint density at radius 1 is 1.50 bits per heavy atom. The van der Waals surface area contributed by atoms with Gasteiger partial charge in [-0.1, -0.05) is 6.07 Å². The van der Waals surface area contributed by atoms with Gasteiger partial charge >= 0.3 is 0 Å². The summed E-state index contributed by atoms with van der Waals surface area (Å²) >= 11 is 0. The Hall–Kier alpha value is -1.55. The second-order valence-electron chi connectivity index (χ2n) is 5.41. The van der Waals surface area contributed by atoms with E-state index in [1.807, 2.05) is 18.2 Å². The standard InChI is InChI=1S/C14H17NO3/c1-9-13(17)15-11-6-10(2-3-12(11)18-9)7-14(8-16)4-5-14/h2-3,6,9,16H,4-5,7-8H2,1H3,(H,15,17). The third-order valence-electron chi connectivity index (χ3n) is 3.85. The first-order valence-electron chi connectivity index (χ1n) is 6.33. The summed E-state index contributed by atoms with van der Waals surface area (Å²) in [5.74, 6) is 0.614. The smallest absolute Gasteiger partial charge is 0.265 e. The van der Waals surface area contributed by atoms with E-state index < -0.39 is 6.10 Å². The number of ether oxygens (including phenoxy) is 1. The lowest BCUT2D eigenvalue weighted by atomic mass is 9.97. The molecule has 1 aromatic carbocycles. The van der Waals surface area contributed by atoms with Gasteiger partial charge in [0.1, 0.15) is 5.75 Å². The maximum absolute atomic E-state index is 11.5. The van der Waals surface area contributed by atoms with Crippen LogP contribution in [-0.2, 0) is 11.2 Å². The first-order chi connectivity index (χ1) is 8.62. The zero-order chi connectivity index (χ0) is 12.8. The predicted molar refractivity (Wildman–Crippen MR) is 67.6 cm³/mol. The molecule has 1 unspecified atom stereocenters. The molecule has 1 aliphatic heterocycles. The van der Waals surface area contributed by atoms with Crippen molar-refractivity contribution in [3.8, 4) is 5.75 Å². The lowest BCUT2D eigenvalue weighted by Gasteiger charge is -2.24. The van der Waals surface area contributed by atoms with Crippen molar-refractivity contribution in [1.82, 2.24) is 0 Å². The van der Waals surface area contributed by atoms with Crippen LogP contribution in [0.3, 0.4) is 0 Å². The number of benzene rings is 1. The molecule has 1 fully saturated rings. The molecule has 3 rings (SSSR count). The monoisotopic (exact) mass is 247 g/mol. The van der Waals surface area contributed by atoms with Gasteiger partial charge < -0.3 is 15.2 Å². The molecular weight excluding hydrogens is 230 g/mol. The van der Waals surface area contributed by atoms with Crippen LogP contribution in [-0.4, -0.2) is 23.7 Å². The molecule has 0 bridgehead atoms. The third-order valence-corrected chi connectivity index (χ3v) is 3.85. The second-order valence-corrected chi connectivity index (χ2v) is 5.41. The number of fused-ring (bicyclic) bond motifs is 1. The summed E-state index contributed by atoms with van der Waals surface area (Å²) in [7, 11) is 0. The molecule has 0 aromatic heterocycles. The van der Waals surface area contributed by atoms with Gasteiger partial charge in [0.05, 0.1) is 5.69 Å². The van der Waals surface area contributed by atoms with Gasteiger partial charge in [-0.2, -0.15) is 0 Å². The van der Waals surface area contributed by atoms with Gasteiger partial charge in [-0.25, -0.2) is 0 Å². The van der Waals surface area contributed by atoms with Gasteiger partial charge in [0.2, 0.25) is 0 Å². The Kier molecular flexibility index (Phi) is 2.55. The van der Waals surface area contributed by atoms with Crippen LogP contribution in [0.5, 0.6) is 5.75 Å². The summed E-state index contributed by atoms with van der Waals surface area (Å²) in [6, 6.07) is 5.86. The van der Waals surface area contributed by atoms with Gasteiger partial charge in [-0.05, 0) is 49.3 Å². The van der Waals surface area contributed by atoms with E-state index in [-0.39, 0.29) is 17.9 Å². The summed E-state index contributed by atoms with van der Waals surface area (Å²) in [6.07, 6.45) is 2.60. The Labute approximate surface area is 106 Å². The van der Waals surface area contributed by atoms with Crippen molar-refractivity contribution in [1.29, 1.82) is 0 Å². The lowest BCUT2D eigenvalue weighted by molar-refractivity contribution is -0.122. The predicted octanol–water partition coefficient (Wildman–Crippen LogP) is 1.72. The average molecular weight is 247 g/mol. The first-order valence-corrected chi connectivity index (χ1v) is 6.33. The van der Waals surface area contributed by atoms with Gasteiger partial charge in [0.25, 0.3) is 5.91 Å². The topological polar surface area (TPSA) is 58.6 Å². The van der Waals surface area contributed by atoms with E-state index in [0.29, 0.717) is 0 Å². The molecule has 0 saturated heterocycles. The molecule has 96 valence electrons. The molecule has 18 heavy (non-hydrogen) atoms. The molecular formula is C14H17NO3. The van der Waals surface area contributed by atoms with Gasteiger partial charge in [-0.15, -0.1) is 0 Å². The second kappa shape index (κ2) is 3.99. The van der Waals surface area contributed by atoms with Gasteiger partial charge in [0, 0.05) is 6.61 Å². The molecule has 2 aliphatic rings. The molecule has 1 atom stereocenters. The Morgan fingerprint density at radius 2 is 2.28 bits per heavy atom. The van der Waals surface area contributed by atoms with Crippen molar-refractivity contribution in [2.45, 2.75) is 32.3 Å². The minimum Gasteiger partial charge on any atom is -0.479 e. The molecule has 1 aliphatic carbocycles. The molecule has 1 saturated carbocycles. The van der Waals surface area contributed by atoms with Crippen LogP contribution in [0.1, 0.15) is 25.3 Å². The number of nitrogens with one attached hydrogen (secondary N) is 1. The van der Waals surface area contributed by atoms with E-state index in [2.05, 4.69) is 5.32 Å². The zero-order valence-corrected chi connectivity index (χ0v) is 10.4. The minimum absolute atomic E-state index is 0.0844. The number of hydrogen-bond donors (Lipinski definition) is 2. The minimum atomic E-state index is -0.435. The van der Waals surface area contributed by atoms with Crippen molar-refractivity contribution >= 4 is 11.6 Å². The van der Waals surface area contributed by atoms with Crippen molar-refractivity contribution in [3.63, 3.8) is 0 Å². The fourth-order valence-electron chi connectivity index (χ4n) is 2.37. The van der Waals surface area contributed by atoms with E-state index in [9.17, 15) is 9.90 Å². The molecule has 1 amide bonds. The number of amides is 1. The van der Waals surface area contributed by atoms with Crippen molar-refractivity contribution in [2.75, 3.05) is 11.9 Å². The highest BCUT2D eigenvalue weighted by molar-refractivity contribution is 5.97. The highest BCUT2D eigenvalue weighted by Gasteiger charge is 2.41. The van der Waals surface area contributed by atoms with Crippen molar-refractivity contribution in [2.24, 2.45) is 5.41 Å². The molecule has 4 heteroatoms. The van der Waals surface area contributed by atoms with E-state index in [1.165, 1.54) is 0 Å². The molecule has 0 spiro atoms. The summed E-state index contributed by atoms with van der Waals surface area (Å²) in [5.41, 5.74) is 1.96. The molecule has 2 N–H and O–H groups in total. The SMILES string of the molecule is CC1Oc2ccc(CC3(CO)CC3)cc2NC1=O. The number of aliphatic hydroxyl groups is 1. The summed E-state index contributed by atoms with van der Waals surface area (Å²) in [6.45, 7) is 1.97. The summed E-state index contributed by atoms with van der Waals surface area (Å²) in [4.78, 5) is 11.5. The van der Waals surface area contributed by atoms with Gasteiger partial charge in [-0.3, -0.25) is 4.79 Å². The van der Waals surface area contributed by atoms with Crippen LogP contribution in [0.15, 0.2) is 18.2 Å². The number of carbonyl (C=O) groups is 1. The van der Waals surface area contributed by atoms with Crippen molar-refractivity contribution in [3.05, 3.63) is 23.8 Å². The van der Waals surface area contributed by atoms with Gasteiger partial charge in [0.15, 0.2) is 6.10 Å². The van der Waals surface area contributed by atoms with Crippen LogP contribution in [0.4, 0.5) is 5.69 Å². The fourth-order valence-corrected chi connectivity index (χ4v) is 2.37. The maximum atomic E-state index is 11.5. The lowest BCUT2D eigenvalue weighted by Crippen LogP contribution is -2.34. The molecule has 1 heterocycles. The zero-order valence-electron chi connectivity index (χ0n) is 10.4. The number of anilines is 1. The maximum Gasteiger partial charge on any atom is 0.265 e. The fraction of sp³-hybridized carbons (Fsp3) is 0.500. The van der Waals surface area contributed by atoms with E-state index in [4.69, 9.17) is 4.74 Å². The highest BCUT2D eigenvalue weighted by atomic mass is 16.5. The molecule has 0 radical (unpaired) electrons. The number of hydrogen-bond acceptors (Lipinski definition) is 3. The third kappa shape index (κ3) is 1.97. The number of aliphatic hydroxyl groups excluding tert-OH is 1. The van der Waals surface area contributed by atoms with Crippen molar-refractivity contribution < 1.29 is 14.6 Å². The van der Waals surface area contributed by atoms with Crippen LogP contribution in [0.2, 0.25) is 0 Å². The average Bonchev–Trinajstić information content (AvgIpc) is 3.12. The van der Waals surface area contributed by atoms with Crippen LogP contribution < -0.4 is 10.1 Å². The van der Waals surface area contributed by atoms with E-state index in [0.717, 1.165) is 36.3 Å². The normalized spacial score (nSPS) is 23.9. The Balaban J connectivity index is 1.83. The Morgan fingerprint density at radius 3 is 2.94 bits per heavy atom. The summed E-state index contributed by atoms with van der Waals surface area (Å²) in [5, 5.41) is 12.2. The largest absolute Gasteiger partial charge is 0.479 e. The molecule has 1 aromatic rings. The molecule has 4 nitrogen and oxygen atoms in total. The van der Waals surface area contributed by atoms with Crippen LogP contribution in [0.25, 0.3) is 0 Å². The quantitative estimate of drug-likeness (QED) is 0.855. The van der Waals surface area contributed by atoms with E-state index >= 15 is 0 Å². The highest BCUT2D eigenvalue weighted by Crippen LogP contribution is 2.48. The number of rotatable bonds is 3. The first kappa shape index (κ1) is 11.5.